The highest BCUT2D eigenvalue weighted by Gasteiger charge is 2.19. The number of carbonyl (C=O) groups is 3. The van der Waals surface area contributed by atoms with Gasteiger partial charge in [0.1, 0.15) is 13.2 Å². The molecule has 0 radical (unpaired) electrons. The van der Waals surface area contributed by atoms with Gasteiger partial charge in [-0.2, -0.15) is 0 Å². The van der Waals surface area contributed by atoms with Crippen LogP contribution < -0.4 is 0 Å². The molecule has 0 spiro atoms. The van der Waals surface area contributed by atoms with Gasteiger partial charge in [-0.15, -0.1) is 0 Å². The summed E-state index contributed by atoms with van der Waals surface area (Å²) < 4.78 is 16.8. The van der Waals surface area contributed by atoms with E-state index in [1.165, 1.54) is 154 Å². The zero-order chi connectivity index (χ0) is 44.4. The largest absolute Gasteiger partial charge is 0.462 e. The van der Waals surface area contributed by atoms with Crippen LogP contribution in [0.5, 0.6) is 0 Å². The third-order valence-corrected chi connectivity index (χ3v) is 11.6. The molecule has 0 aliphatic rings. The Morgan fingerprint density at radius 2 is 0.607 bits per heavy atom. The smallest absolute Gasteiger partial charge is 0.306 e. The zero-order valence-electron chi connectivity index (χ0n) is 40.7. The minimum atomic E-state index is -0.775. The first-order valence-electron chi connectivity index (χ1n) is 26.5. The predicted octanol–water partition coefficient (Wildman–Crippen LogP) is 17.3. The predicted molar refractivity (Wildman–Crippen MR) is 261 cm³/mol. The van der Waals surface area contributed by atoms with Crippen molar-refractivity contribution in [3.8, 4) is 0 Å². The summed E-state index contributed by atoms with van der Waals surface area (Å²) in [6.07, 6.45) is 58.4. The molecule has 0 amide bonds. The summed E-state index contributed by atoms with van der Waals surface area (Å²) >= 11 is 0. The normalized spacial score (nSPS) is 12.2. The first kappa shape index (κ1) is 58.6. The Balaban J connectivity index is 4.32. The molecule has 0 fully saturated rings. The van der Waals surface area contributed by atoms with Crippen LogP contribution in [0.4, 0.5) is 0 Å². The molecule has 0 aromatic heterocycles. The van der Waals surface area contributed by atoms with Gasteiger partial charge < -0.3 is 14.2 Å². The number of unbranched alkanes of at least 4 members (excludes halogenated alkanes) is 31. The van der Waals surface area contributed by atoms with Gasteiger partial charge >= 0.3 is 17.9 Å². The van der Waals surface area contributed by atoms with Crippen molar-refractivity contribution < 1.29 is 28.6 Å². The summed E-state index contributed by atoms with van der Waals surface area (Å²) in [4.78, 5) is 38.0. The summed E-state index contributed by atoms with van der Waals surface area (Å²) in [5.74, 6) is -0.882. The number of esters is 3. The summed E-state index contributed by atoms with van der Waals surface area (Å²) in [7, 11) is 0. The molecule has 356 valence electrons. The molecule has 0 saturated heterocycles. The highest BCUT2D eigenvalue weighted by Crippen LogP contribution is 2.16. The number of allylic oxidation sites excluding steroid dienone is 6. The average Bonchev–Trinajstić information content (AvgIpc) is 3.26. The molecule has 0 rings (SSSR count). The van der Waals surface area contributed by atoms with Gasteiger partial charge in [0, 0.05) is 19.3 Å². The molecule has 0 heterocycles. The molecule has 0 N–H and O–H groups in total. The van der Waals surface area contributed by atoms with Crippen LogP contribution in [0.3, 0.4) is 0 Å². The topological polar surface area (TPSA) is 78.9 Å². The van der Waals surface area contributed by atoms with Crippen molar-refractivity contribution >= 4 is 17.9 Å². The zero-order valence-corrected chi connectivity index (χ0v) is 40.7. The SMILES string of the molecule is CCCC/C=C\CCCCCCCC(=O)O[C@H](COC(=O)CCCCCCCCC/C=C\C/C=C\CCCCC)COC(=O)CCCCCCCCCCCCCCCCC. The Labute approximate surface area is 378 Å². The van der Waals surface area contributed by atoms with E-state index in [0.29, 0.717) is 19.3 Å². The van der Waals surface area contributed by atoms with Gasteiger partial charge in [-0.3, -0.25) is 14.4 Å². The first-order chi connectivity index (χ1) is 30.0. The van der Waals surface area contributed by atoms with E-state index in [2.05, 4.69) is 57.2 Å². The van der Waals surface area contributed by atoms with Crippen molar-refractivity contribution in [3.63, 3.8) is 0 Å². The number of hydrogen-bond donors (Lipinski definition) is 0. The second-order valence-corrected chi connectivity index (χ2v) is 17.8. The van der Waals surface area contributed by atoms with E-state index in [-0.39, 0.29) is 31.1 Å². The van der Waals surface area contributed by atoms with Gasteiger partial charge in [0.05, 0.1) is 0 Å². The van der Waals surface area contributed by atoms with Crippen LogP contribution in [-0.2, 0) is 28.6 Å². The molecule has 0 aromatic carbocycles. The van der Waals surface area contributed by atoms with Crippen molar-refractivity contribution in [2.75, 3.05) is 13.2 Å². The minimum absolute atomic E-state index is 0.0751. The quantitative estimate of drug-likeness (QED) is 0.0262. The summed E-state index contributed by atoms with van der Waals surface area (Å²) in [6, 6.07) is 0. The highest BCUT2D eigenvalue weighted by atomic mass is 16.6. The second-order valence-electron chi connectivity index (χ2n) is 17.8. The van der Waals surface area contributed by atoms with Crippen molar-refractivity contribution in [1.29, 1.82) is 0 Å². The Kier molecular flexibility index (Phi) is 48.3. The average molecular weight is 857 g/mol. The van der Waals surface area contributed by atoms with Crippen LogP contribution >= 0.6 is 0 Å². The number of ether oxygens (including phenoxy) is 3. The number of rotatable bonds is 48. The Bertz CT molecular complexity index is 1030. The third kappa shape index (κ3) is 48.5. The molecule has 61 heavy (non-hydrogen) atoms. The summed E-state index contributed by atoms with van der Waals surface area (Å²) in [5, 5.41) is 0. The molecule has 0 saturated carbocycles. The summed E-state index contributed by atoms with van der Waals surface area (Å²) in [5.41, 5.74) is 0. The fourth-order valence-corrected chi connectivity index (χ4v) is 7.57. The maximum Gasteiger partial charge on any atom is 0.306 e. The summed E-state index contributed by atoms with van der Waals surface area (Å²) in [6.45, 7) is 6.59. The molecule has 0 aliphatic carbocycles. The van der Waals surface area contributed by atoms with E-state index in [9.17, 15) is 14.4 Å². The van der Waals surface area contributed by atoms with E-state index in [4.69, 9.17) is 14.2 Å². The van der Waals surface area contributed by atoms with Gasteiger partial charge in [-0.1, -0.05) is 224 Å². The number of carbonyl (C=O) groups excluding carboxylic acids is 3. The van der Waals surface area contributed by atoms with Crippen LogP contribution in [0.1, 0.15) is 278 Å². The van der Waals surface area contributed by atoms with E-state index < -0.39 is 6.10 Å². The Hall–Kier alpha value is -2.37. The lowest BCUT2D eigenvalue weighted by molar-refractivity contribution is -0.167. The van der Waals surface area contributed by atoms with E-state index >= 15 is 0 Å². The van der Waals surface area contributed by atoms with Gasteiger partial charge in [-0.25, -0.2) is 0 Å². The van der Waals surface area contributed by atoms with E-state index in [1.54, 1.807) is 0 Å². The van der Waals surface area contributed by atoms with Gasteiger partial charge in [0.25, 0.3) is 0 Å². The van der Waals surface area contributed by atoms with Crippen molar-refractivity contribution in [2.45, 2.75) is 284 Å². The van der Waals surface area contributed by atoms with Crippen LogP contribution in [0, 0.1) is 0 Å². The maximum atomic E-state index is 12.8. The minimum Gasteiger partial charge on any atom is -0.462 e. The van der Waals surface area contributed by atoms with Gasteiger partial charge in [0.2, 0.25) is 0 Å². The molecule has 6 heteroatoms. The lowest BCUT2D eigenvalue weighted by Gasteiger charge is -2.18. The first-order valence-corrected chi connectivity index (χ1v) is 26.5. The molecular formula is C55H100O6. The monoisotopic (exact) mass is 857 g/mol. The Morgan fingerprint density at radius 3 is 1.00 bits per heavy atom. The molecular weight excluding hydrogens is 757 g/mol. The number of hydrogen-bond acceptors (Lipinski definition) is 6. The van der Waals surface area contributed by atoms with E-state index in [0.717, 1.165) is 83.5 Å². The van der Waals surface area contributed by atoms with Crippen LogP contribution in [0.15, 0.2) is 36.5 Å². The standard InChI is InChI=1S/C55H100O6/c1-4-7-10-13-16-19-22-24-26-27-29-31-34-36-39-42-45-48-54(57)60-51-52(61-55(58)49-46-43-40-37-32-21-18-15-12-9-6-3)50-59-53(56)47-44-41-38-35-33-30-28-25-23-20-17-14-11-8-5-2/h15-16,18-19,24,26,52H,4-14,17,20-23,25,27-51H2,1-3H3/b18-15-,19-16-,26-24-/t52-/m0/s1. The van der Waals surface area contributed by atoms with E-state index in [1.807, 2.05) is 0 Å². The molecule has 0 aromatic rings. The molecule has 0 unspecified atom stereocenters. The van der Waals surface area contributed by atoms with Crippen LogP contribution in [0.25, 0.3) is 0 Å². The lowest BCUT2D eigenvalue weighted by Crippen LogP contribution is -2.30. The molecule has 1 atom stereocenters. The maximum absolute atomic E-state index is 12.8. The molecule has 0 aliphatic heterocycles. The fraction of sp³-hybridized carbons (Fsp3) is 0.836. The van der Waals surface area contributed by atoms with Crippen LogP contribution in [0.2, 0.25) is 0 Å². The van der Waals surface area contributed by atoms with Crippen molar-refractivity contribution in [1.82, 2.24) is 0 Å². The highest BCUT2D eigenvalue weighted by molar-refractivity contribution is 5.71. The van der Waals surface area contributed by atoms with Crippen LogP contribution in [-0.4, -0.2) is 37.2 Å². The fourth-order valence-electron chi connectivity index (χ4n) is 7.57. The molecule has 0 bridgehead atoms. The van der Waals surface area contributed by atoms with Crippen molar-refractivity contribution in [2.24, 2.45) is 0 Å². The van der Waals surface area contributed by atoms with Gasteiger partial charge in [0.15, 0.2) is 6.10 Å². The second kappa shape index (κ2) is 50.3. The third-order valence-electron chi connectivity index (χ3n) is 11.6. The lowest BCUT2D eigenvalue weighted by atomic mass is 10.0. The van der Waals surface area contributed by atoms with Crippen molar-refractivity contribution in [3.05, 3.63) is 36.5 Å². The van der Waals surface area contributed by atoms with Gasteiger partial charge in [-0.05, 0) is 70.6 Å². The Morgan fingerprint density at radius 1 is 0.328 bits per heavy atom. The molecule has 6 nitrogen and oxygen atoms in total.